The molecule has 0 saturated heterocycles. The molecule has 3 rings (SSSR count). The van der Waals surface area contributed by atoms with Crippen LogP contribution >= 0.6 is 12.2 Å². The molecule has 35 heavy (non-hydrogen) atoms. The molecule has 2 aliphatic carbocycles. The minimum atomic E-state index is -1.04. The van der Waals surface area contributed by atoms with Crippen LogP contribution in [0.2, 0.25) is 0 Å². The normalized spacial score (nSPS) is 15.4. The van der Waals surface area contributed by atoms with Crippen LogP contribution in [0, 0.1) is 0 Å². The monoisotopic (exact) mass is 500 g/mol. The van der Waals surface area contributed by atoms with E-state index < -0.39 is 12.6 Å². The Labute approximate surface area is 213 Å². The standard InChI is InChI=1S/C28H36O6S/c1-14(2)31-27(32-15(3)4)24(29)20-11-9-10-18-19-12-13-21(26(35)23(19)22(18)20)25(30)28(33-16(5)6)34-17(7)8/h9-11,13-17,27-28H,12H2,1-8H3. The average Bonchev–Trinajstić information content (AvgIpc) is 2.73. The van der Waals surface area contributed by atoms with Crippen LogP contribution in [0.4, 0.5) is 0 Å². The Morgan fingerprint density at radius 3 is 1.74 bits per heavy atom. The summed E-state index contributed by atoms with van der Waals surface area (Å²) < 4.78 is 23.1. The Bertz CT molecular complexity index is 1040. The molecule has 0 radical (unpaired) electrons. The number of rotatable bonds is 12. The second-order valence-electron chi connectivity index (χ2n) is 9.86. The molecule has 0 amide bonds. The van der Waals surface area contributed by atoms with Crippen molar-refractivity contribution in [1.29, 1.82) is 0 Å². The highest BCUT2D eigenvalue weighted by molar-refractivity contribution is 7.82. The molecule has 7 heteroatoms. The maximum atomic E-state index is 13.5. The number of fused-ring (bicyclic) bond motifs is 3. The topological polar surface area (TPSA) is 71.1 Å². The first-order chi connectivity index (χ1) is 16.4. The van der Waals surface area contributed by atoms with Gasteiger partial charge in [0.2, 0.25) is 24.1 Å². The molecule has 0 saturated carbocycles. The Kier molecular flexibility index (Phi) is 8.94. The van der Waals surface area contributed by atoms with E-state index in [0.29, 0.717) is 22.4 Å². The summed E-state index contributed by atoms with van der Waals surface area (Å²) >= 11 is 5.80. The fourth-order valence-corrected chi connectivity index (χ4v) is 4.57. The molecule has 0 fully saturated rings. The fraction of sp³-hybridized carbons (Fsp3) is 0.536. The zero-order valence-corrected chi connectivity index (χ0v) is 22.7. The summed E-state index contributed by atoms with van der Waals surface area (Å²) in [7, 11) is 0. The molecule has 6 nitrogen and oxygen atoms in total. The number of thiocarbonyl (C=S) groups is 1. The molecule has 0 bridgehead atoms. The molecule has 0 atom stereocenters. The number of benzene rings is 1. The van der Waals surface area contributed by atoms with Crippen molar-refractivity contribution < 1.29 is 28.5 Å². The Morgan fingerprint density at radius 2 is 1.26 bits per heavy atom. The van der Waals surface area contributed by atoms with Gasteiger partial charge in [-0.05, 0) is 72.9 Å². The van der Waals surface area contributed by atoms with Crippen molar-refractivity contribution in [2.75, 3.05) is 0 Å². The van der Waals surface area contributed by atoms with Gasteiger partial charge in [0.15, 0.2) is 0 Å². The van der Waals surface area contributed by atoms with E-state index in [1.807, 2.05) is 73.6 Å². The number of hydrogen-bond acceptors (Lipinski definition) is 7. The first-order valence-electron chi connectivity index (χ1n) is 12.2. The molecule has 0 unspecified atom stereocenters. The van der Waals surface area contributed by atoms with E-state index in [1.165, 1.54) is 0 Å². The molecule has 0 aromatic heterocycles. The first-order valence-corrected chi connectivity index (χ1v) is 12.6. The molecule has 1 aromatic carbocycles. The van der Waals surface area contributed by atoms with Crippen molar-refractivity contribution in [3.05, 3.63) is 46.5 Å². The molecule has 0 heterocycles. The van der Waals surface area contributed by atoms with Gasteiger partial charge in [0.1, 0.15) is 0 Å². The van der Waals surface area contributed by atoms with Crippen molar-refractivity contribution in [3.63, 3.8) is 0 Å². The predicted molar refractivity (Wildman–Crippen MR) is 140 cm³/mol. The van der Waals surface area contributed by atoms with E-state index in [0.717, 1.165) is 22.3 Å². The van der Waals surface area contributed by atoms with Gasteiger partial charge in [-0.2, -0.15) is 0 Å². The van der Waals surface area contributed by atoms with Crippen LogP contribution in [0.5, 0.6) is 0 Å². The molecule has 1 aromatic rings. The van der Waals surface area contributed by atoms with Gasteiger partial charge in [-0.25, -0.2) is 0 Å². The Morgan fingerprint density at radius 1 is 0.771 bits per heavy atom. The summed E-state index contributed by atoms with van der Waals surface area (Å²) in [6.45, 7) is 14.9. The summed E-state index contributed by atoms with van der Waals surface area (Å²) in [4.78, 5) is 27.4. The molecular formula is C28H36O6S. The SMILES string of the molecule is CC(C)OC(OC(C)C)C(=O)C1=CCC2=C(C1=S)c1c(C(=O)C(OC(C)C)OC(C)C)cccc12. The third-order valence-electron chi connectivity index (χ3n) is 5.47. The maximum absolute atomic E-state index is 13.5. The number of carbonyl (C=O) groups excluding carboxylic acids is 2. The highest BCUT2D eigenvalue weighted by Crippen LogP contribution is 2.49. The number of hydrogen-bond donors (Lipinski definition) is 0. The van der Waals surface area contributed by atoms with E-state index in [9.17, 15) is 9.59 Å². The molecule has 0 N–H and O–H groups in total. The van der Waals surface area contributed by atoms with Crippen LogP contribution in [-0.2, 0) is 23.7 Å². The molecule has 0 aliphatic heterocycles. The van der Waals surface area contributed by atoms with E-state index in [4.69, 9.17) is 31.2 Å². The lowest BCUT2D eigenvalue weighted by molar-refractivity contribution is -0.186. The lowest BCUT2D eigenvalue weighted by Crippen LogP contribution is -2.37. The van der Waals surface area contributed by atoms with Crippen LogP contribution in [0.1, 0.15) is 83.3 Å². The van der Waals surface area contributed by atoms with Crippen LogP contribution in [0.15, 0.2) is 29.8 Å². The van der Waals surface area contributed by atoms with Crippen molar-refractivity contribution in [2.24, 2.45) is 0 Å². The van der Waals surface area contributed by atoms with Crippen molar-refractivity contribution in [3.8, 4) is 0 Å². The minimum absolute atomic E-state index is 0.186. The van der Waals surface area contributed by atoms with Crippen molar-refractivity contribution >= 4 is 39.8 Å². The Hall–Kier alpha value is -2.03. The van der Waals surface area contributed by atoms with Gasteiger partial charge in [0.05, 0.1) is 29.3 Å². The first kappa shape index (κ1) is 27.6. The summed E-state index contributed by atoms with van der Waals surface area (Å²) in [5, 5.41) is 0. The fourth-order valence-electron chi connectivity index (χ4n) is 4.16. The highest BCUT2D eigenvalue weighted by Gasteiger charge is 2.40. The van der Waals surface area contributed by atoms with Crippen LogP contribution in [0.3, 0.4) is 0 Å². The molecule has 190 valence electrons. The third kappa shape index (κ3) is 6.04. The van der Waals surface area contributed by atoms with Crippen LogP contribution in [0.25, 0.3) is 11.1 Å². The number of carbonyl (C=O) groups is 2. The summed E-state index contributed by atoms with van der Waals surface area (Å²) in [6, 6.07) is 5.59. The van der Waals surface area contributed by atoms with E-state index in [-0.39, 0.29) is 36.0 Å². The second-order valence-corrected chi connectivity index (χ2v) is 10.3. The average molecular weight is 501 g/mol. The zero-order valence-electron chi connectivity index (χ0n) is 21.8. The van der Waals surface area contributed by atoms with Crippen LogP contribution in [-0.4, -0.2) is 53.4 Å². The Balaban J connectivity index is 1.92. The highest BCUT2D eigenvalue weighted by atomic mass is 32.1. The lowest BCUT2D eigenvalue weighted by Gasteiger charge is -2.35. The van der Waals surface area contributed by atoms with Crippen LogP contribution < -0.4 is 0 Å². The van der Waals surface area contributed by atoms with Gasteiger partial charge in [0.25, 0.3) is 0 Å². The van der Waals surface area contributed by atoms with Gasteiger partial charge in [-0.1, -0.05) is 36.5 Å². The minimum Gasteiger partial charge on any atom is -0.343 e. The van der Waals surface area contributed by atoms with E-state index in [2.05, 4.69) is 0 Å². The quantitative estimate of drug-likeness (QED) is 0.207. The summed E-state index contributed by atoms with van der Waals surface area (Å²) in [5.41, 5.74) is 4.41. The predicted octanol–water partition coefficient (Wildman–Crippen LogP) is 5.71. The van der Waals surface area contributed by atoms with E-state index >= 15 is 0 Å². The zero-order chi connectivity index (χ0) is 26.0. The van der Waals surface area contributed by atoms with Gasteiger partial charge >= 0.3 is 0 Å². The smallest absolute Gasteiger partial charge is 0.223 e. The number of allylic oxidation sites excluding steroid dienone is 3. The van der Waals surface area contributed by atoms with Gasteiger partial charge in [-0.15, -0.1) is 0 Å². The second kappa shape index (κ2) is 11.4. The molecule has 2 aliphatic rings. The lowest BCUT2D eigenvalue weighted by atomic mass is 9.70. The van der Waals surface area contributed by atoms with Crippen molar-refractivity contribution in [2.45, 2.75) is 98.8 Å². The molecule has 0 spiro atoms. The maximum Gasteiger partial charge on any atom is 0.223 e. The summed E-state index contributed by atoms with van der Waals surface area (Å²) in [5.74, 6) is -0.560. The number of Topliss-reactive ketones (excluding diaryl/α,β-unsaturated/α-hetero) is 2. The van der Waals surface area contributed by atoms with Gasteiger partial charge < -0.3 is 18.9 Å². The number of ketones is 2. The molecular weight excluding hydrogens is 464 g/mol. The third-order valence-corrected chi connectivity index (χ3v) is 5.89. The summed E-state index contributed by atoms with van der Waals surface area (Å²) in [6.07, 6.45) is -0.433. The van der Waals surface area contributed by atoms with E-state index in [1.54, 1.807) is 6.07 Å². The number of ether oxygens (including phenoxy) is 4. The van der Waals surface area contributed by atoms with Gasteiger partial charge in [0, 0.05) is 22.3 Å². The van der Waals surface area contributed by atoms with Crippen molar-refractivity contribution in [1.82, 2.24) is 0 Å². The van der Waals surface area contributed by atoms with Gasteiger partial charge in [-0.3, -0.25) is 9.59 Å². The largest absolute Gasteiger partial charge is 0.343 e.